The van der Waals surface area contributed by atoms with Crippen LogP contribution in [0.2, 0.25) is 0 Å². The SMILES string of the molecule is Cc1noc(C)c1S(=O)(=O)NC(=O)[C@@]12C[C@@H]1/C=C\CCCCC[C@H](NC(=O)OC(C)(C)C)C(=O)N1CCC[C@H]1C(=O)N2. The van der Waals surface area contributed by atoms with E-state index in [1.54, 1.807) is 20.8 Å². The van der Waals surface area contributed by atoms with E-state index in [2.05, 4.69) is 20.5 Å². The molecule has 0 spiro atoms. The van der Waals surface area contributed by atoms with Crippen LogP contribution < -0.4 is 15.4 Å². The maximum atomic E-state index is 13.7. The van der Waals surface area contributed by atoms with Crippen LogP contribution in [0.25, 0.3) is 0 Å². The fourth-order valence-electron chi connectivity index (χ4n) is 5.67. The first-order valence-electron chi connectivity index (χ1n) is 14.4. The second-order valence-corrected chi connectivity index (χ2v) is 13.9. The van der Waals surface area contributed by atoms with E-state index in [1.165, 1.54) is 18.7 Å². The molecular weight excluding hydrogens is 566 g/mol. The molecule has 1 saturated heterocycles. The highest BCUT2D eigenvalue weighted by Crippen LogP contribution is 2.46. The number of hydrogen-bond acceptors (Lipinski definition) is 9. The van der Waals surface area contributed by atoms with Crippen molar-refractivity contribution in [2.45, 2.75) is 114 Å². The normalized spacial score (nSPS) is 27.9. The van der Waals surface area contributed by atoms with Crippen LogP contribution in [-0.4, -0.2) is 72.1 Å². The van der Waals surface area contributed by atoms with Crippen LogP contribution in [0.4, 0.5) is 4.79 Å². The summed E-state index contributed by atoms with van der Waals surface area (Å²) >= 11 is 0. The third-order valence-electron chi connectivity index (χ3n) is 7.79. The highest BCUT2D eigenvalue weighted by Gasteiger charge is 2.61. The molecule has 4 amide bonds. The summed E-state index contributed by atoms with van der Waals surface area (Å²) < 4.78 is 38.7. The Balaban J connectivity index is 1.57. The Morgan fingerprint density at radius 1 is 1.14 bits per heavy atom. The largest absolute Gasteiger partial charge is 0.444 e. The molecule has 3 heterocycles. The Kier molecular flexibility index (Phi) is 9.05. The smallest absolute Gasteiger partial charge is 0.408 e. The van der Waals surface area contributed by atoms with Crippen LogP contribution in [0.15, 0.2) is 21.6 Å². The van der Waals surface area contributed by atoms with Crippen molar-refractivity contribution in [2.75, 3.05) is 6.54 Å². The van der Waals surface area contributed by atoms with Gasteiger partial charge in [-0.15, -0.1) is 0 Å². The van der Waals surface area contributed by atoms with Gasteiger partial charge in [-0.25, -0.2) is 17.9 Å². The number of nitrogens with one attached hydrogen (secondary N) is 3. The quantitative estimate of drug-likeness (QED) is 0.434. The van der Waals surface area contributed by atoms with Crippen molar-refractivity contribution in [1.82, 2.24) is 25.4 Å². The topological polar surface area (TPSA) is 177 Å². The molecule has 14 heteroatoms. The minimum absolute atomic E-state index is 0.0401. The molecule has 0 bridgehead atoms. The maximum Gasteiger partial charge on any atom is 0.408 e. The van der Waals surface area contributed by atoms with Gasteiger partial charge in [0.1, 0.15) is 28.9 Å². The lowest BCUT2D eigenvalue weighted by atomic mass is 10.0. The lowest BCUT2D eigenvalue weighted by Crippen LogP contribution is -2.58. The van der Waals surface area contributed by atoms with Gasteiger partial charge in [-0.05, 0) is 73.1 Å². The molecule has 0 aromatic carbocycles. The number of allylic oxidation sites excluding steroid dienone is 1. The Labute approximate surface area is 246 Å². The van der Waals surface area contributed by atoms with Gasteiger partial charge in [0.25, 0.3) is 15.9 Å². The third-order valence-corrected chi connectivity index (χ3v) is 9.36. The Morgan fingerprint density at radius 2 is 1.88 bits per heavy atom. The number of carbonyl (C=O) groups is 4. The van der Waals surface area contributed by atoms with Crippen LogP contribution in [0.3, 0.4) is 0 Å². The van der Waals surface area contributed by atoms with Gasteiger partial charge in [0.05, 0.1) is 0 Å². The van der Waals surface area contributed by atoms with Crippen molar-refractivity contribution in [3.05, 3.63) is 23.6 Å². The van der Waals surface area contributed by atoms with Gasteiger partial charge in [-0.3, -0.25) is 14.4 Å². The molecular formula is C28H41N5O8S. The van der Waals surface area contributed by atoms with Crippen molar-refractivity contribution >= 4 is 33.8 Å². The van der Waals surface area contributed by atoms with E-state index in [0.29, 0.717) is 38.6 Å². The van der Waals surface area contributed by atoms with E-state index in [0.717, 1.165) is 12.8 Å². The molecule has 4 rings (SSSR count). The number of amides is 4. The number of ether oxygens (including phenoxy) is 1. The second kappa shape index (κ2) is 12.1. The molecule has 232 valence electrons. The fraction of sp³-hybridized carbons (Fsp3) is 0.679. The van der Waals surface area contributed by atoms with Gasteiger partial charge >= 0.3 is 6.09 Å². The first-order chi connectivity index (χ1) is 19.6. The number of aryl methyl sites for hydroxylation is 2. The lowest BCUT2D eigenvalue weighted by Gasteiger charge is -2.30. The highest BCUT2D eigenvalue weighted by molar-refractivity contribution is 7.90. The van der Waals surface area contributed by atoms with Crippen molar-refractivity contribution in [1.29, 1.82) is 0 Å². The van der Waals surface area contributed by atoms with E-state index >= 15 is 0 Å². The second-order valence-electron chi connectivity index (χ2n) is 12.3. The average Bonchev–Trinajstić information content (AvgIpc) is 3.18. The first-order valence-corrected chi connectivity index (χ1v) is 15.9. The number of hydrogen-bond donors (Lipinski definition) is 3. The summed E-state index contributed by atoms with van der Waals surface area (Å²) in [6.45, 7) is 8.40. The van der Waals surface area contributed by atoms with Crippen molar-refractivity contribution < 1.29 is 36.9 Å². The number of aromatic nitrogens is 1. The lowest BCUT2D eigenvalue weighted by molar-refractivity contribution is -0.141. The van der Waals surface area contributed by atoms with Crippen molar-refractivity contribution in [2.24, 2.45) is 5.92 Å². The van der Waals surface area contributed by atoms with Gasteiger partial charge in [0.15, 0.2) is 10.7 Å². The summed E-state index contributed by atoms with van der Waals surface area (Å²) in [5.41, 5.74) is -2.13. The van der Waals surface area contributed by atoms with Crippen LogP contribution in [-0.2, 0) is 29.1 Å². The van der Waals surface area contributed by atoms with Gasteiger partial charge in [0.2, 0.25) is 11.8 Å². The molecule has 2 aliphatic heterocycles. The third kappa shape index (κ3) is 6.96. The molecule has 1 saturated carbocycles. The number of rotatable bonds is 4. The molecule has 4 atom stereocenters. The number of sulfonamides is 1. The molecule has 0 radical (unpaired) electrons. The predicted molar refractivity (Wildman–Crippen MR) is 150 cm³/mol. The molecule has 3 aliphatic rings. The summed E-state index contributed by atoms with van der Waals surface area (Å²) in [7, 11) is -4.33. The van der Waals surface area contributed by atoms with Crippen molar-refractivity contribution in [3.63, 3.8) is 0 Å². The van der Waals surface area contributed by atoms with E-state index in [1.807, 2.05) is 12.2 Å². The van der Waals surface area contributed by atoms with Gasteiger partial charge in [0, 0.05) is 12.5 Å². The van der Waals surface area contributed by atoms with Gasteiger partial charge in [-0.1, -0.05) is 30.2 Å². The molecule has 1 aromatic heterocycles. The van der Waals surface area contributed by atoms with E-state index in [4.69, 9.17) is 9.26 Å². The molecule has 2 fully saturated rings. The zero-order valence-corrected chi connectivity index (χ0v) is 25.6. The summed E-state index contributed by atoms with van der Waals surface area (Å²) in [4.78, 5) is 54.7. The first kappa shape index (κ1) is 31.5. The van der Waals surface area contributed by atoms with E-state index in [9.17, 15) is 27.6 Å². The Morgan fingerprint density at radius 3 is 2.55 bits per heavy atom. The fourth-order valence-corrected chi connectivity index (χ4v) is 7.04. The van der Waals surface area contributed by atoms with E-state index in [-0.39, 0.29) is 22.8 Å². The summed E-state index contributed by atoms with van der Waals surface area (Å²) in [5.74, 6) is -2.18. The number of fused-ring (bicyclic) bond motifs is 2. The zero-order valence-electron chi connectivity index (χ0n) is 24.8. The molecule has 42 heavy (non-hydrogen) atoms. The highest BCUT2D eigenvalue weighted by atomic mass is 32.2. The minimum Gasteiger partial charge on any atom is -0.444 e. The number of carbonyl (C=O) groups excluding carboxylic acids is 4. The number of nitrogens with zero attached hydrogens (tertiary/aromatic N) is 2. The van der Waals surface area contributed by atoms with Crippen molar-refractivity contribution in [3.8, 4) is 0 Å². The maximum absolute atomic E-state index is 13.7. The van der Waals surface area contributed by atoms with E-state index < -0.39 is 63.0 Å². The molecule has 13 nitrogen and oxygen atoms in total. The minimum atomic E-state index is -4.33. The monoisotopic (exact) mass is 607 g/mol. The average molecular weight is 608 g/mol. The van der Waals surface area contributed by atoms with Gasteiger partial charge in [-0.2, -0.15) is 0 Å². The predicted octanol–water partition coefficient (Wildman–Crippen LogP) is 2.38. The standard InChI is InChI=1S/C28H41N5O8S/c1-17-22(18(2)41-31-17)42(38,39)32-25(36)28-16-19(28)12-9-7-6-8-10-13-20(29-26(37)40-27(3,4)5)24(35)33-15-11-14-21(33)23(34)30-28/h9,12,19-21H,6-8,10-11,13-16H2,1-5H3,(H,29,37)(H,30,34)(H,32,36)/b12-9-/t19-,20-,21-,28+/m0/s1. The van der Waals surface area contributed by atoms with Crippen LogP contribution in [0, 0.1) is 19.8 Å². The molecule has 3 N–H and O–H groups in total. The zero-order chi connectivity index (χ0) is 30.9. The van der Waals surface area contributed by atoms with Crippen LogP contribution in [0.5, 0.6) is 0 Å². The summed E-state index contributed by atoms with van der Waals surface area (Å²) in [6, 6.07) is -1.75. The molecule has 1 aromatic rings. The van der Waals surface area contributed by atoms with Crippen LogP contribution in [0.1, 0.15) is 83.6 Å². The van der Waals surface area contributed by atoms with Gasteiger partial charge < -0.3 is 24.8 Å². The summed E-state index contributed by atoms with van der Waals surface area (Å²) in [6.07, 6.45) is 7.58. The van der Waals surface area contributed by atoms with Crippen LogP contribution >= 0.6 is 0 Å². The summed E-state index contributed by atoms with van der Waals surface area (Å²) in [5, 5.41) is 9.16. The Hall–Kier alpha value is -3.42. The Bertz CT molecular complexity index is 1340. The molecule has 1 aliphatic carbocycles. The molecule has 0 unspecified atom stereocenters. The number of alkyl carbamates (subject to hydrolysis) is 1.